The first kappa shape index (κ1) is 20.2. The molecular formula is C21H21NO7. The standard InChI is InChI=1S/C21H21NO7/c1-11(23)15-9-14-17(25)12-7-5-6-8-13(12)18(19(14)27-15)28-16(24)10-22-20(26)29-21(2,3)4/h5-9,25H,10H2,1-4H3,(H,22,26). The number of carbonyl (C=O) groups is 3. The van der Waals surface area contributed by atoms with Crippen molar-refractivity contribution in [2.24, 2.45) is 0 Å². The average molecular weight is 399 g/mol. The molecule has 8 nitrogen and oxygen atoms in total. The van der Waals surface area contributed by atoms with Crippen LogP contribution in [0.5, 0.6) is 11.5 Å². The van der Waals surface area contributed by atoms with Crippen LogP contribution in [0.2, 0.25) is 0 Å². The van der Waals surface area contributed by atoms with E-state index in [-0.39, 0.29) is 34.0 Å². The van der Waals surface area contributed by atoms with Crippen LogP contribution >= 0.6 is 0 Å². The molecule has 1 aromatic heterocycles. The maximum absolute atomic E-state index is 12.3. The summed E-state index contributed by atoms with van der Waals surface area (Å²) in [5.74, 6) is -1.12. The number of aromatic hydroxyl groups is 1. The molecule has 3 rings (SSSR count). The molecule has 0 saturated carbocycles. The number of Topliss-reactive ketones (excluding diaryl/α,β-unsaturated/α-hetero) is 1. The molecule has 152 valence electrons. The predicted molar refractivity (Wildman–Crippen MR) is 105 cm³/mol. The predicted octanol–water partition coefficient (Wildman–Crippen LogP) is 3.92. The van der Waals surface area contributed by atoms with E-state index in [2.05, 4.69) is 5.32 Å². The van der Waals surface area contributed by atoms with Crippen molar-refractivity contribution in [3.8, 4) is 11.5 Å². The van der Waals surface area contributed by atoms with Gasteiger partial charge in [0.2, 0.25) is 0 Å². The van der Waals surface area contributed by atoms with E-state index < -0.39 is 24.2 Å². The van der Waals surface area contributed by atoms with Crippen LogP contribution in [0.3, 0.4) is 0 Å². The number of ether oxygens (including phenoxy) is 2. The highest BCUT2D eigenvalue weighted by Crippen LogP contribution is 2.43. The Morgan fingerprint density at radius 1 is 1.10 bits per heavy atom. The number of phenolic OH excluding ortho intramolecular Hbond substituents is 1. The van der Waals surface area contributed by atoms with E-state index >= 15 is 0 Å². The second-order valence-corrected chi connectivity index (χ2v) is 7.46. The average Bonchev–Trinajstić information content (AvgIpc) is 3.08. The number of ketones is 1. The van der Waals surface area contributed by atoms with Crippen molar-refractivity contribution < 1.29 is 33.4 Å². The van der Waals surface area contributed by atoms with E-state index in [4.69, 9.17) is 13.9 Å². The first-order valence-corrected chi connectivity index (χ1v) is 8.92. The van der Waals surface area contributed by atoms with Gasteiger partial charge < -0.3 is 24.3 Å². The minimum atomic E-state index is -0.770. The van der Waals surface area contributed by atoms with Crippen molar-refractivity contribution in [3.63, 3.8) is 0 Å². The third-order valence-electron chi connectivity index (χ3n) is 3.96. The summed E-state index contributed by atoms with van der Waals surface area (Å²) in [5, 5.41) is 14.0. The van der Waals surface area contributed by atoms with Crippen molar-refractivity contribution in [3.05, 3.63) is 36.1 Å². The van der Waals surface area contributed by atoms with E-state index in [0.29, 0.717) is 10.8 Å². The van der Waals surface area contributed by atoms with Crippen LogP contribution in [0.25, 0.3) is 21.7 Å². The largest absolute Gasteiger partial charge is 0.507 e. The Hall–Kier alpha value is -3.55. The number of nitrogens with one attached hydrogen (secondary N) is 1. The van der Waals surface area contributed by atoms with Crippen LogP contribution < -0.4 is 10.1 Å². The van der Waals surface area contributed by atoms with Crippen molar-refractivity contribution in [2.75, 3.05) is 6.54 Å². The smallest absolute Gasteiger partial charge is 0.408 e. The minimum Gasteiger partial charge on any atom is -0.507 e. The molecule has 1 heterocycles. The highest BCUT2D eigenvalue weighted by Gasteiger charge is 2.23. The number of rotatable bonds is 4. The lowest BCUT2D eigenvalue weighted by atomic mass is 10.1. The topological polar surface area (TPSA) is 115 Å². The molecule has 0 fully saturated rings. The Morgan fingerprint density at radius 2 is 1.76 bits per heavy atom. The zero-order valence-electron chi connectivity index (χ0n) is 16.5. The van der Waals surface area contributed by atoms with Crippen LogP contribution in [0.15, 0.2) is 34.7 Å². The molecule has 0 unspecified atom stereocenters. The van der Waals surface area contributed by atoms with Crippen molar-refractivity contribution >= 4 is 39.6 Å². The summed E-state index contributed by atoms with van der Waals surface area (Å²) >= 11 is 0. The van der Waals surface area contributed by atoms with Crippen LogP contribution in [0.1, 0.15) is 38.2 Å². The number of hydrogen-bond donors (Lipinski definition) is 2. The van der Waals surface area contributed by atoms with Gasteiger partial charge in [-0.3, -0.25) is 4.79 Å². The van der Waals surface area contributed by atoms with Gasteiger partial charge in [-0.15, -0.1) is 0 Å². The van der Waals surface area contributed by atoms with Crippen molar-refractivity contribution in [1.29, 1.82) is 0 Å². The first-order valence-electron chi connectivity index (χ1n) is 8.92. The molecular weight excluding hydrogens is 378 g/mol. The number of alkyl carbamates (subject to hydrolysis) is 1. The van der Waals surface area contributed by atoms with Gasteiger partial charge in [-0.1, -0.05) is 24.3 Å². The maximum atomic E-state index is 12.3. The molecule has 29 heavy (non-hydrogen) atoms. The number of hydrogen-bond acceptors (Lipinski definition) is 7. The monoisotopic (exact) mass is 399 g/mol. The molecule has 2 N–H and O–H groups in total. The lowest BCUT2D eigenvalue weighted by Crippen LogP contribution is -2.36. The van der Waals surface area contributed by atoms with Gasteiger partial charge in [-0.05, 0) is 26.8 Å². The Balaban J connectivity index is 1.95. The van der Waals surface area contributed by atoms with Gasteiger partial charge in [-0.25, -0.2) is 9.59 Å². The summed E-state index contributed by atoms with van der Waals surface area (Å²) in [6, 6.07) is 8.12. The fourth-order valence-corrected chi connectivity index (χ4v) is 2.77. The lowest BCUT2D eigenvalue weighted by Gasteiger charge is -2.19. The van der Waals surface area contributed by atoms with Gasteiger partial charge in [-0.2, -0.15) is 0 Å². The number of carbonyl (C=O) groups excluding carboxylic acids is 3. The summed E-state index contributed by atoms with van der Waals surface area (Å²) in [5.41, 5.74) is -0.637. The molecule has 8 heteroatoms. The molecule has 0 spiro atoms. The minimum absolute atomic E-state index is 0.0229. The molecule has 0 aliphatic carbocycles. The number of amides is 1. The summed E-state index contributed by atoms with van der Waals surface area (Å²) in [7, 11) is 0. The molecule has 0 aliphatic heterocycles. The number of fused-ring (bicyclic) bond motifs is 2. The Morgan fingerprint density at radius 3 is 2.38 bits per heavy atom. The van der Waals surface area contributed by atoms with E-state index in [1.165, 1.54) is 13.0 Å². The number of benzene rings is 2. The molecule has 0 radical (unpaired) electrons. The highest BCUT2D eigenvalue weighted by atomic mass is 16.6. The SMILES string of the molecule is CC(=O)c1cc2c(O)c3ccccc3c(OC(=O)CNC(=O)OC(C)(C)C)c2o1. The normalized spacial score (nSPS) is 11.4. The van der Waals surface area contributed by atoms with E-state index in [1.807, 2.05) is 0 Å². The highest BCUT2D eigenvalue weighted by molar-refractivity contribution is 6.11. The summed E-state index contributed by atoms with van der Waals surface area (Å²) < 4.78 is 16.1. The summed E-state index contributed by atoms with van der Waals surface area (Å²) in [6.45, 7) is 5.99. The Bertz CT molecular complexity index is 1120. The van der Waals surface area contributed by atoms with Gasteiger partial charge in [0.15, 0.2) is 22.9 Å². The maximum Gasteiger partial charge on any atom is 0.408 e. The van der Waals surface area contributed by atoms with Crippen LogP contribution in [-0.4, -0.2) is 35.1 Å². The van der Waals surface area contributed by atoms with Gasteiger partial charge >= 0.3 is 12.1 Å². The second kappa shape index (κ2) is 7.46. The first-order chi connectivity index (χ1) is 13.6. The van der Waals surface area contributed by atoms with E-state index in [1.54, 1.807) is 45.0 Å². The van der Waals surface area contributed by atoms with Gasteiger partial charge in [0.1, 0.15) is 17.9 Å². The number of furan rings is 1. The van der Waals surface area contributed by atoms with Gasteiger partial charge in [0.05, 0.1) is 5.39 Å². The quantitative estimate of drug-likeness (QED) is 0.388. The molecule has 0 aliphatic rings. The van der Waals surface area contributed by atoms with E-state index in [9.17, 15) is 19.5 Å². The van der Waals surface area contributed by atoms with Gasteiger partial charge in [0.25, 0.3) is 0 Å². The Kier molecular flexibility index (Phi) is 5.19. The van der Waals surface area contributed by atoms with Crippen LogP contribution in [0.4, 0.5) is 4.79 Å². The fraction of sp³-hybridized carbons (Fsp3) is 0.286. The molecule has 0 atom stereocenters. The van der Waals surface area contributed by atoms with Gasteiger partial charge in [0, 0.05) is 17.7 Å². The molecule has 1 amide bonds. The molecule has 0 bridgehead atoms. The van der Waals surface area contributed by atoms with Crippen molar-refractivity contribution in [2.45, 2.75) is 33.3 Å². The third kappa shape index (κ3) is 4.31. The molecule has 2 aromatic carbocycles. The molecule has 3 aromatic rings. The second-order valence-electron chi connectivity index (χ2n) is 7.46. The number of phenols is 1. The lowest BCUT2D eigenvalue weighted by molar-refractivity contribution is -0.133. The zero-order valence-corrected chi connectivity index (χ0v) is 16.5. The fourth-order valence-electron chi connectivity index (χ4n) is 2.77. The summed E-state index contributed by atoms with van der Waals surface area (Å²) in [4.78, 5) is 35.8. The number of esters is 1. The summed E-state index contributed by atoms with van der Waals surface area (Å²) in [6.07, 6.45) is -0.757. The third-order valence-corrected chi connectivity index (χ3v) is 3.96. The Labute approximate surface area is 166 Å². The van der Waals surface area contributed by atoms with Crippen molar-refractivity contribution in [1.82, 2.24) is 5.32 Å². The van der Waals surface area contributed by atoms with Crippen LogP contribution in [0, 0.1) is 0 Å². The molecule has 0 saturated heterocycles. The zero-order chi connectivity index (χ0) is 21.3. The van der Waals surface area contributed by atoms with Crippen LogP contribution in [-0.2, 0) is 9.53 Å². The van der Waals surface area contributed by atoms with E-state index in [0.717, 1.165) is 0 Å².